The van der Waals surface area contributed by atoms with Crippen molar-refractivity contribution in [3.63, 3.8) is 0 Å². The number of rotatable bonds is 6. The molecule has 1 atom stereocenters. The summed E-state index contributed by atoms with van der Waals surface area (Å²) in [6, 6.07) is 6.94. The molecule has 0 saturated heterocycles. The molecule has 1 unspecified atom stereocenters. The Kier molecular flexibility index (Phi) is 5.98. The fourth-order valence-corrected chi connectivity index (χ4v) is 2.60. The molecule has 0 bridgehead atoms. The van der Waals surface area contributed by atoms with Crippen LogP contribution in [0.1, 0.15) is 36.3 Å². The Morgan fingerprint density at radius 3 is 2.79 bits per heavy atom. The molecule has 1 aromatic carbocycles. The van der Waals surface area contributed by atoms with Crippen molar-refractivity contribution in [2.75, 3.05) is 7.11 Å². The minimum absolute atomic E-state index is 0.117. The number of halogens is 1. The van der Waals surface area contributed by atoms with Gasteiger partial charge in [0.1, 0.15) is 0 Å². The van der Waals surface area contributed by atoms with Crippen LogP contribution in [0.25, 0.3) is 5.69 Å². The molecule has 0 spiro atoms. The molecular formula is C17H20ClN3O3. The second-order valence-corrected chi connectivity index (χ2v) is 5.84. The van der Waals surface area contributed by atoms with E-state index in [1.807, 2.05) is 19.1 Å². The zero-order valence-corrected chi connectivity index (χ0v) is 14.6. The lowest BCUT2D eigenvalue weighted by atomic mass is 10.1. The van der Waals surface area contributed by atoms with E-state index in [-0.39, 0.29) is 24.3 Å². The van der Waals surface area contributed by atoms with Crippen molar-refractivity contribution >= 4 is 23.5 Å². The quantitative estimate of drug-likeness (QED) is 0.814. The number of methoxy groups -OCH3 is 1. The van der Waals surface area contributed by atoms with Crippen LogP contribution in [0.15, 0.2) is 30.5 Å². The Morgan fingerprint density at radius 1 is 1.42 bits per heavy atom. The maximum Gasteiger partial charge on any atom is 0.307 e. The van der Waals surface area contributed by atoms with Crippen molar-refractivity contribution in [3.8, 4) is 5.69 Å². The lowest BCUT2D eigenvalue weighted by molar-refractivity contribution is -0.141. The first kappa shape index (κ1) is 18.0. The number of hydrogen-bond donors (Lipinski definition) is 1. The highest BCUT2D eigenvalue weighted by Gasteiger charge is 2.20. The van der Waals surface area contributed by atoms with E-state index in [0.29, 0.717) is 17.0 Å². The highest BCUT2D eigenvalue weighted by molar-refractivity contribution is 6.30. The molecule has 6 nitrogen and oxygen atoms in total. The molecule has 7 heteroatoms. The van der Waals surface area contributed by atoms with Crippen molar-refractivity contribution < 1.29 is 14.3 Å². The lowest BCUT2D eigenvalue weighted by Gasteiger charge is -2.13. The third kappa shape index (κ3) is 4.14. The number of esters is 1. The Morgan fingerprint density at radius 2 is 2.17 bits per heavy atom. The van der Waals surface area contributed by atoms with Gasteiger partial charge in [0.25, 0.3) is 5.91 Å². The number of hydrogen-bond acceptors (Lipinski definition) is 4. The smallest absolute Gasteiger partial charge is 0.307 e. The number of aromatic nitrogens is 2. The number of amides is 1. The van der Waals surface area contributed by atoms with E-state index < -0.39 is 0 Å². The average Bonchev–Trinajstić information content (AvgIpc) is 2.98. The number of nitrogens with zero attached hydrogens (tertiary/aromatic N) is 2. The van der Waals surface area contributed by atoms with Crippen molar-refractivity contribution in [3.05, 3.63) is 46.7 Å². The molecule has 1 heterocycles. The van der Waals surface area contributed by atoms with Crippen LogP contribution in [0.5, 0.6) is 0 Å². The van der Waals surface area contributed by atoms with Crippen LogP contribution < -0.4 is 5.32 Å². The number of carbonyl (C=O) groups excluding carboxylic acids is 2. The standard InChI is InChI=1S/C17H20ClN3O3/c1-4-15-14(17(23)20-11(2)8-16(22)24-3)10-19-21(15)13-7-5-6-12(18)9-13/h5-7,9-11H,4,8H2,1-3H3,(H,20,23). The van der Waals surface area contributed by atoms with Crippen molar-refractivity contribution in [1.29, 1.82) is 0 Å². The molecule has 0 aliphatic carbocycles. The van der Waals surface area contributed by atoms with Gasteiger partial charge in [-0.05, 0) is 31.5 Å². The fraction of sp³-hybridized carbons (Fsp3) is 0.353. The van der Waals surface area contributed by atoms with Crippen LogP contribution in [-0.4, -0.2) is 34.8 Å². The van der Waals surface area contributed by atoms with Gasteiger partial charge in [0, 0.05) is 11.1 Å². The summed E-state index contributed by atoms with van der Waals surface area (Å²) < 4.78 is 6.31. The zero-order chi connectivity index (χ0) is 17.7. The fourth-order valence-electron chi connectivity index (χ4n) is 2.42. The van der Waals surface area contributed by atoms with Gasteiger partial charge in [-0.2, -0.15) is 5.10 Å². The van der Waals surface area contributed by atoms with Crippen LogP contribution in [0.4, 0.5) is 0 Å². The molecular weight excluding hydrogens is 330 g/mol. The highest BCUT2D eigenvalue weighted by atomic mass is 35.5. The van der Waals surface area contributed by atoms with Gasteiger partial charge >= 0.3 is 5.97 Å². The van der Waals surface area contributed by atoms with E-state index in [1.54, 1.807) is 23.7 Å². The zero-order valence-electron chi connectivity index (χ0n) is 13.9. The van der Waals surface area contributed by atoms with Gasteiger partial charge in [0.05, 0.1) is 36.7 Å². The summed E-state index contributed by atoms with van der Waals surface area (Å²) in [6.07, 6.45) is 2.27. The van der Waals surface area contributed by atoms with Gasteiger partial charge < -0.3 is 10.1 Å². The second kappa shape index (κ2) is 7.97. The van der Waals surface area contributed by atoms with Crippen LogP contribution in [-0.2, 0) is 16.0 Å². The van der Waals surface area contributed by atoms with E-state index in [1.165, 1.54) is 13.3 Å². The number of nitrogens with one attached hydrogen (secondary N) is 1. The number of ether oxygens (including phenoxy) is 1. The van der Waals surface area contributed by atoms with Crippen LogP contribution >= 0.6 is 11.6 Å². The first-order chi connectivity index (χ1) is 11.5. The summed E-state index contributed by atoms with van der Waals surface area (Å²) >= 11 is 6.03. The summed E-state index contributed by atoms with van der Waals surface area (Å²) in [5, 5.41) is 7.70. The molecule has 0 aliphatic heterocycles. The lowest BCUT2D eigenvalue weighted by Crippen LogP contribution is -2.34. The van der Waals surface area contributed by atoms with E-state index >= 15 is 0 Å². The molecule has 2 rings (SSSR count). The molecule has 24 heavy (non-hydrogen) atoms. The van der Waals surface area contributed by atoms with Crippen molar-refractivity contribution in [2.45, 2.75) is 32.7 Å². The Hall–Kier alpha value is -2.34. The molecule has 1 N–H and O–H groups in total. The molecule has 2 aromatic rings. The minimum atomic E-state index is -0.367. The van der Waals surface area contributed by atoms with Crippen molar-refractivity contribution in [1.82, 2.24) is 15.1 Å². The average molecular weight is 350 g/mol. The number of carbonyl (C=O) groups is 2. The van der Waals surface area contributed by atoms with Crippen molar-refractivity contribution in [2.24, 2.45) is 0 Å². The highest BCUT2D eigenvalue weighted by Crippen LogP contribution is 2.19. The first-order valence-electron chi connectivity index (χ1n) is 7.66. The van der Waals surface area contributed by atoms with E-state index in [0.717, 1.165) is 11.4 Å². The van der Waals surface area contributed by atoms with Gasteiger partial charge in [-0.15, -0.1) is 0 Å². The third-order valence-corrected chi connectivity index (χ3v) is 3.81. The summed E-state index contributed by atoms with van der Waals surface area (Å²) in [5.74, 6) is -0.635. The number of benzene rings is 1. The van der Waals surface area contributed by atoms with Crippen LogP contribution in [0, 0.1) is 0 Å². The van der Waals surface area contributed by atoms with Gasteiger partial charge in [0.15, 0.2) is 0 Å². The molecule has 1 aromatic heterocycles. The molecule has 128 valence electrons. The van der Waals surface area contributed by atoms with Crippen LogP contribution in [0.2, 0.25) is 5.02 Å². The molecule has 1 amide bonds. The summed E-state index contributed by atoms with van der Waals surface area (Å²) in [7, 11) is 1.32. The van der Waals surface area contributed by atoms with E-state index in [4.69, 9.17) is 11.6 Å². The minimum Gasteiger partial charge on any atom is -0.469 e. The second-order valence-electron chi connectivity index (χ2n) is 5.40. The predicted octanol–water partition coefficient (Wildman–Crippen LogP) is 2.77. The predicted molar refractivity (Wildman–Crippen MR) is 91.5 cm³/mol. The van der Waals surface area contributed by atoms with E-state index in [9.17, 15) is 9.59 Å². The van der Waals surface area contributed by atoms with Gasteiger partial charge in [0.2, 0.25) is 0 Å². The Balaban J connectivity index is 2.22. The molecule has 0 saturated carbocycles. The van der Waals surface area contributed by atoms with Crippen LogP contribution in [0.3, 0.4) is 0 Å². The molecule has 0 radical (unpaired) electrons. The molecule has 0 fully saturated rings. The summed E-state index contributed by atoms with van der Waals surface area (Å²) in [6.45, 7) is 3.70. The van der Waals surface area contributed by atoms with E-state index in [2.05, 4.69) is 15.2 Å². The van der Waals surface area contributed by atoms with Gasteiger partial charge in [-0.25, -0.2) is 4.68 Å². The normalized spacial score (nSPS) is 11.8. The summed E-state index contributed by atoms with van der Waals surface area (Å²) in [5.41, 5.74) is 2.05. The first-order valence-corrected chi connectivity index (χ1v) is 8.04. The maximum absolute atomic E-state index is 12.5. The molecule has 0 aliphatic rings. The Labute approximate surface area is 145 Å². The van der Waals surface area contributed by atoms with Gasteiger partial charge in [-0.3, -0.25) is 9.59 Å². The summed E-state index contributed by atoms with van der Waals surface area (Å²) in [4.78, 5) is 23.8. The Bertz CT molecular complexity index is 742. The monoisotopic (exact) mass is 349 g/mol. The SMILES string of the molecule is CCc1c(C(=O)NC(C)CC(=O)OC)cnn1-c1cccc(Cl)c1. The van der Waals surface area contributed by atoms with Gasteiger partial charge in [-0.1, -0.05) is 24.6 Å². The third-order valence-electron chi connectivity index (χ3n) is 3.58. The topological polar surface area (TPSA) is 73.2 Å². The largest absolute Gasteiger partial charge is 0.469 e. The maximum atomic E-state index is 12.5.